The molecule has 1 amide bonds. The minimum atomic E-state index is 0.159. The van der Waals surface area contributed by atoms with E-state index < -0.39 is 0 Å². The van der Waals surface area contributed by atoms with Gasteiger partial charge in [-0.25, -0.2) is 0 Å². The fourth-order valence-corrected chi connectivity index (χ4v) is 4.12. The van der Waals surface area contributed by atoms with E-state index in [9.17, 15) is 4.79 Å². The molecular weight excluding hydrogens is 262 g/mol. The van der Waals surface area contributed by atoms with Crippen LogP contribution < -0.4 is 10.6 Å². The van der Waals surface area contributed by atoms with E-state index in [1.807, 2.05) is 0 Å². The average molecular weight is 295 g/mol. The number of piperidine rings is 1. The molecule has 0 spiro atoms. The molecule has 0 aromatic rings. The highest BCUT2D eigenvalue weighted by atomic mass is 16.1. The maximum absolute atomic E-state index is 12.5. The number of rotatable bonds is 4. The zero-order valence-electron chi connectivity index (χ0n) is 14.2. The summed E-state index contributed by atoms with van der Waals surface area (Å²) in [5.41, 5.74) is 0.159. The van der Waals surface area contributed by atoms with Crippen LogP contribution in [0.3, 0.4) is 0 Å². The van der Waals surface area contributed by atoms with Crippen LogP contribution in [0.4, 0.5) is 0 Å². The maximum atomic E-state index is 12.5. The normalized spacial score (nSPS) is 37.5. The largest absolute Gasteiger partial charge is 0.354 e. The first-order chi connectivity index (χ1) is 9.93. The quantitative estimate of drug-likeness (QED) is 0.834. The maximum Gasteiger partial charge on any atom is 0.223 e. The van der Waals surface area contributed by atoms with Gasteiger partial charge in [0.25, 0.3) is 0 Å². The van der Waals surface area contributed by atoms with Crippen LogP contribution in [0.25, 0.3) is 0 Å². The highest BCUT2D eigenvalue weighted by Gasteiger charge is 2.37. The zero-order valence-corrected chi connectivity index (χ0v) is 14.2. The average Bonchev–Trinajstić information content (AvgIpc) is 2.44. The van der Waals surface area contributed by atoms with Crippen molar-refractivity contribution in [3.8, 4) is 0 Å². The Morgan fingerprint density at radius 1 is 1.33 bits per heavy atom. The predicted molar refractivity (Wildman–Crippen MR) is 87.2 cm³/mol. The number of hydrogen-bond donors (Lipinski definition) is 2. The zero-order chi connectivity index (χ0) is 15.5. The molecule has 2 unspecified atom stereocenters. The van der Waals surface area contributed by atoms with Gasteiger partial charge in [0.15, 0.2) is 0 Å². The monoisotopic (exact) mass is 295 g/mol. The number of hydrogen-bond acceptors (Lipinski definition) is 3. The summed E-state index contributed by atoms with van der Waals surface area (Å²) in [7, 11) is 4.33. The third kappa shape index (κ3) is 4.19. The Kier molecular flexibility index (Phi) is 5.67. The van der Waals surface area contributed by atoms with Crippen molar-refractivity contribution >= 4 is 5.91 Å². The summed E-state index contributed by atoms with van der Waals surface area (Å²) in [4.78, 5) is 14.8. The van der Waals surface area contributed by atoms with Crippen LogP contribution >= 0.6 is 0 Å². The van der Waals surface area contributed by atoms with Gasteiger partial charge in [-0.3, -0.25) is 4.79 Å². The van der Waals surface area contributed by atoms with Crippen LogP contribution in [0.15, 0.2) is 0 Å². The van der Waals surface area contributed by atoms with Crippen molar-refractivity contribution in [3.05, 3.63) is 0 Å². The topological polar surface area (TPSA) is 44.4 Å². The summed E-state index contributed by atoms with van der Waals surface area (Å²) in [6.45, 7) is 6.29. The van der Waals surface area contributed by atoms with Crippen molar-refractivity contribution in [1.82, 2.24) is 15.5 Å². The molecule has 0 radical (unpaired) electrons. The minimum absolute atomic E-state index is 0.159. The Morgan fingerprint density at radius 2 is 2.10 bits per heavy atom. The van der Waals surface area contributed by atoms with Gasteiger partial charge in [0.2, 0.25) is 5.91 Å². The highest BCUT2D eigenvalue weighted by Crippen LogP contribution is 2.35. The minimum Gasteiger partial charge on any atom is -0.354 e. The lowest BCUT2D eigenvalue weighted by Gasteiger charge is -2.45. The summed E-state index contributed by atoms with van der Waals surface area (Å²) in [6.07, 6.45) is 6.95. The first kappa shape index (κ1) is 16.8. The van der Waals surface area contributed by atoms with Gasteiger partial charge in [-0.05, 0) is 59.2 Å². The van der Waals surface area contributed by atoms with Crippen LogP contribution in [-0.2, 0) is 4.79 Å². The van der Waals surface area contributed by atoms with Gasteiger partial charge in [-0.15, -0.1) is 0 Å². The molecule has 0 aromatic carbocycles. The molecule has 1 saturated carbocycles. The number of carbonyl (C=O) groups excluding carboxylic acids is 1. The lowest BCUT2D eigenvalue weighted by atomic mass is 9.75. The highest BCUT2D eigenvalue weighted by molar-refractivity contribution is 5.78. The number of nitrogens with zero attached hydrogens (tertiary/aromatic N) is 1. The molecule has 1 aliphatic heterocycles. The molecule has 2 N–H and O–H groups in total. The molecule has 1 saturated heterocycles. The van der Waals surface area contributed by atoms with Crippen molar-refractivity contribution in [1.29, 1.82) is 0 Å². The Hall–Kier alpha value is -0.610. The molecule has 2 fully saturated rings. The van der Waals surface area contributed by atoms with Gasteiger partial charge in [0.1, 0.15) is 0 Å². The third-order valence-electron chi connectivity index (χ3n) is 5.60. The van der Waals surface area contributed by atoms with Crippen LogP contribution in [0.5, 0.6) is 0 Å². The molecule has 1 heterocycles. The first-order valence-electron chi connectivity index (χ1n) is 8.61. The lowest BCUT2D eigenvalue weighted by molar-refractivity contribution is -0.126. The number of likely N-dealkylation sites (N-methyl/N-ethyl adjacent to an activating group) is 1. The first-order valence-corrected chi connectivity index (χ1v) is 8.61. The fourth-order valence-electron chi connectivity index (χ4n) is 4.12. The van der Waals surface area contributed by atoms with E-state index in [0.29, 0.717) is 6.04 Å². The van der Waals surface area contributed by atoms with Crippen LogP contribution in [0.1, 0.15) is 52.4 Å². The SMILES string of the molecule is CC1CCCC(CNC(=O)[C@H]2CCN[C@@H](C)C2)(N(C)C)C1. The second-order valence-corrected chi connectivity index (χ2v) is 7.61. The molecule has 122 valence electrons. The summed E-state index contributed by atoms with van der Waals surface area (Å²) < 4.78 is 0. The van der Waals surface area contributed by atoms with Crippen molar-refractivity contribution in [2.45, 2.75) is 64.0 Å². The number of carbonyl (C=O) groups is 1. The van der Waals surface area contributed by atoms with Crippen LogP contribution in [0.2, 0.25) is 0 Å². The predicted octanol–water partition coefficient (Wildman–Crippen LogP) is 2.00. The van der Waals surface area contributed by atoms with Gasteiger partial charge >= 0.3 is 0 Å². The summed E-state index contributed by atoms with van der Waals surface area (Å²) in [5, 5.41) is 6.69. The molecule has 4 heteroatoms. The fraction of sp³-hybridized carbons (Fsp3) is 0.941. The van der Waals surface area contributed by atoms with Crippen LogP contribution in [0, 0.1) is 11.8 Å². The Morgan fingerprint density at radius 3 is 2.71 bits per heavy atom. The van der Waals surface area contributed by atoms with E-state index in [1.165, 1.54) is 25.7 Å². The molecular formula is C17H33N3O. The number of amides is 1. The van der Waals surface area contributed by atoms with E-state index in [-0.39, 0.29) is 17.4 Å². The smallest absolute Gasteiger partial charge is 0.223 e. The Balaban J connectivity index is 1.91. The molecule has 0 aromatic heterocycles. The molecule has 4 nitrogen and oxygen atoms in total. The van der Waals surface area contributed by atoms with Gasteiger partial charge in [-0.2, -0.15) is 0 Å². The van der Waals surface area contributed by atoms with E-state index >= 15 is 0 Å². The van der Waals surface area contributed by atoms with Crippen molar-refractivity contribution < 1.29 is 4.79 Å². The molecule has 4 atom stereocenters. The second-order valence-electron chi connectivity index (χ2n) is 7.61. The molecule has 21 heavy (non-hydrogen) atoms. The molecule has 0 bridgehead atoms. The Labute approximate surface area is 130 Å². The second kappa shape index (κ2) is 7.10. The van der Waals surface area contributed by atoms with Gasteiger partial charge < -0.3 is 15.5 Å². The van der Waals surface area contributed by atoms with E-state index in [0.717, 1.165) is 31.8 Å². The molecule has 2 rings (SSSR count). The van der Waals surface area contributed by atoms with E-state index in [1.54, 1.807) is 0 Å². The summed E-state index contributed by atoms with van der Waals surface area (Å²) in [5.74, 6) is 1.22. The summed E-state index contributed by atoms with van der Waals surface area (Å²) in [6, 6.07) is 0.465. The lowest BCUT2D eigenvalue weighted by Crippen LogP contribution is -2.56. The van der Waals surface area contributed by atoms with Crippen molar-refractivity contribution in [2.75, 3.05) is 27.2 Å². The Bertz CT molecular complexity index is 358. The van der Waals surface area contributed by atoms with Gasteiger partial charge in [0, 0.05) is 24.0 Å². The van der Waals surface area contributed by atoms with Crippen LogP contribution in [-0.4, -0.2) is 49.6 Å². The van der Waals surface area contributed by atoms with Crippen molar-refractivity contribution in [2.24, 2.45) is 11.8 Å². The van der Waals surface area contributed by atoms with E-state index in [4.69, 9.17) is 0 Å². The third-order valence-corrected chi connectivity index (χ3v) is 5.60. The van der Waals surface area contributed by atoms with E-state index in [2.05, 4.69) is 43.5 Å². The molecule has 2 aliphatic rings. The van der Waals surface area contributed by atoms with Gasteiger partial charge in [-0.1, -0.05) is 19.8 Å². The standard InChI is InChI=1S/C17H33N3O/c1-13-6-5-8-17(11-13,20(3)4)12-19-16(21)15-7-9-18-14(2)10-15/h13-15,18H,5-12H2,1-4H3,(H,19,21)/t13?,14-,15-,17?/m0/s1. The summed E-state index contributed by atoms with van der Waals surface area (Å²) >= 11 is 0. The molecule has 1 aliphatic carbocycles. The van der Waals surface area contributed by atoms with Gasteiger partial charge in [0.05, 0.1) is 0 Å². The van der Waals surface area contributed by atoms with Crippen molar-refractivity contribution in [3.63, 3.8) is 0 Å². The number of nitrogens with one attached hydrogen (secondary N) is 2.